The summed E-state index contributed by atoms with van der Waals surface area (Å²) in [6.07, 6.45) is 0. The van der Waals surface area contributed by atoms with Crippen molar-refractivity contribution >= 4 is 11.7 Å². The number of ether oxygens (including phenoxy) is 2. The third-order valence-corrected chi connectivity index (χ3v) is 4.71. The van der Waals surface area contributed by atoms with Gasteiger partial charge in [-0.05, 0) is 42.0 Å². The molecule has 0 radical (unpaired) electrons. The molecule has 2 aromatic carbocycles. The molecule has 0 aliphatic carbocycles. The minimum Gasteiger partial charge on any atom is -0.486 e. The maximum atomic E-state index is 12.6. The predicted molar refractivity (Wildman–Crippen MR) is 112 cm³/mol. The van der Waals surface area contributed by atoms with Crippen LogP contribution >= 0.6 is 0 Å². The van der Waals surface area contributed by atoms with Crippen LogP contribution in [0.3, 0.4) is 0 Å². The molecule has 1 N–H and O–H groups in total. The third kappa shape index (κ3) is 4.37. The zero-order valence-electron chi connectivity index (χ0n) is 17.2. The Kier molecular flexibility index (Phi) is 5.56. The summed E-state index contributed by atoms with van der Waals surface area (Å²) in [5.41, 5.74) is 2.45. The van der Waals surface area contributed by atoms with Gasteiger partial charge in [0.15, 0.2) is 17.3 Å². The quantitative estimate of drug-likeness (QED) is 0.677. The number of nitrogens with zero attached hydrogens (tertiary/aromatic N) is 3. The Bertz CT molecular complexity index is 1030. The van der Waals surface area contributed by atoms with Gasteiger partial charge >= 0.3 is 6.03 Å². The molecule has 1 aromatic heterocycles. The first-order chi connectivity index (χ1) is 14.5. The van der Waals surface area contributed by atoms with Crippen LogP contribution in [0, 0.1) is 0 Å². The Hall–Kier alpha value is -3.55. The number of benzene rings is 2. The molecule has 0 spiro atoms. The SMILES string of the molecule is CC(C)c1noc(-c2ccc(NC(=O)N(C)Cc3ccc4c(c3)OCCO4)cc2)n1. The number of nitrogens with one attached hydrogen (secondary N) is 1. The summed E-state index contributed by atoms with van der Waals surface area (Å²) in [6.45, 7) is 5.55. The van der Waals surface area contributed by atoms with Crippen LogP contribution in [0.1, 0.15) is 31.2 Å². The zero-order chi connectivity index (χ0) is 21.1. The number of hydrogen-bond donors (Lipinski definition) is 1. The van der Waals surface area contributed by atoms with Gasteiger partial charge in [0.1, 0.15) is 13.2 Å². The van der Waals surface area contributed by atoms with Crippen LogP contribution in [-0.4, -0.2) is 41.3 Å². The molecule has 1 aliphatic rings. The van der Waals surface area contributed by atoms with Crippen molar-refractivity contribution < 1.29 is 18.8 Å². The van der Waals surface area contributed by atoms with Crippen molar-refractivity contribution in [2.24, 2.45) is 0 Å². The van der Waals surface area contributed by atoms with Gasteiger partial charge in [-0.15, -0.1) is 0 Å². The van der Waals surface area contributed by atoms with Gasteiger partial charge in [0, 0.05) is 30.8 Å². The van der Waals surface area contributed by atoms with Crippen LogP contribution in [-0.2, 0) is 6.54 Å². The summed E-state index contributed by atoms with van der Waals surface area (Å²) in [4.78, 5) is 18.5. The average Bonchev–Trinajstić information content (AvgIpc) is 3.25. The number of fused-ring (bicyclic) bond motifs is 1. The highest BCUT2D eigenvalue weighted by molar-refractivity contribution is 5.89. The molecule has 2 amide bonds. The van der Waals surface area contributed by atoms with Gasteiger partial charge in [-0.1, -0.05) is 25.1 Å². The summed E-state index contributed by atoms with van der Waals surface area (Å²) in [7, 11) is 1.74. The maximum Gasteiger partial charge on any atom is 0.321 e. The molecule has 0 saturated heterocycles. The first kappa shape index (κ1) is 19.8. The van der Waals surface area contributed by atoms with Crippen molar-refractivity contribution in [3.63, 3.8) is 0 Å². The Morgan fingerprint density at radius 3 is 2.53 bits per heavy atom. The standard InChI is InChI=1S/C22H24N4O4/c1-14(2)20-24-21(30-25-20)16-5-7-17(8-6-16)23-22(27)26(3)13-15-4-9-18-19(12-15)29-11-10-28-18/h4-9,12,14H,10-11,13H2,1-3H3,(H,23,27). The van der Waals surface area contributed by atoms with Gasteiger partial charge in [-0.2, -0.15) is 4.98 Å². The molecule has 1 aliphatic heterocycles. The number of hydrogen-bond acceptors (Lipinski definition) is 6. The van der Waals surface area contributed by atoms with Crippen LogP contribution in [0.5, 0.6) is 11.5 Å². The number of carbonyl (C=O) groups excluding carboxylic acids is 1. The number of carbonyl (C=O) groups is 1. The molecule has 2 heterocycles. The topological polar surface area (TPSA) is 89.7 Å². The van der Waals surface area contributed by atoms with Gasteiger partial charge in [0.25, 0.3) is 5.89 Å². The van der Waals surface area contributed by atoms with Gasteiger partial charge in [-0.3, -0.25) is 0 Å². The first-order valence-corrected chi connectivity index (χ1v) is 9.84. The molecule has 0 atom stereocenters. The van der Waals surface area contributed by atoms with Gasteiger partial charge < -0.3 is 24.2 Å². The summed E-state index contributed by atoms with van der Waals surface area (Å²) >= 11 is 0. The molecule has 0 bridgehead atoms. The highest BCUT2D eigenvalue weighted by Crippen LogP contribution is 2.31. The molecular formula is C22H24N4O4. The molecule has 8 nitrogen and oxygen atoms in total. The van der Waals surface area contributed by atoms with Crippen LogP contribution in [0.4, 0.5) is 10.5 Å². The highest BCUT2D eigenvalue weighted by Gasteiger charge is 2.15. The van der Waals surface area contributed by atoms with Crippen LogP contribution in [0.25, 0.3) is 11.5 Å². The Labute approximate surface area is 174 Å². The minimum atomic E-state index is -0.211. The number of aromatic nitrogens is 2. The predicted octanol–water partition coefficient (Wildman–Crippen LogP) is 4.30. The number of anilines is 1. The second-order valence-corrected chi connectivity index (χ2v) is 7.45. The van der Waals surface area contributed by atoms with Crippen molar-refractivity contribution in [1.82, 2.24) is 15.0 Å². The van der Waals surface area contributed by atoms with Crippen LogP contribution in [0.2, 0.25) is 0 Å². The summed E-state index contributed by atoms with van der Waals surface area (Å²) in [6, 6.07) is 12.8. The van der Waals surface area contributed by atoms with Crippen LogP contribution in [0.15, 0.2) is 47.0 Å². The van der Waals surface area contributed by atoms with E-state index in [-0.39, 0.29) is 11.9 Å². The maximum absolute atomic E-state index is 12.6. The fraction of sp³-hybridized carbons (Fsp3) is 0.318. The normalized spacial score (nSPS) is 12.7. The second-order valence-electron chi connectivity index (χ2n) is 7.45. The van der Waals surface area contributed by atoms with Crippen LogP contribution < -0.4 is 14.8 Å². The molecule has 0 fully saturated rings. The lowest BCUT2D eigenvalue weighted by Gasteiger charge is -2.21. The Morgan fingerprint density at radius 2 is 1.83 bits per heavy atom. The minimum absolute atomic E-state index is 0.200. The van der Waals surface area contributed by atoms with E-state index in [1.807, 2.05) is 56.3 Å². The smallest absolute Gasteiger partial charge is 0.321 e. The van der Waals surface area contributed by atoms with E-state index in [2.05, 4.69) is 15.5 Å². The van der Waals surface area contributed by atoms with Crippen molar-refractivity contribution in [1.29, 1.82) is 0 Å². The summed E-state index contributed by atoms with van der Waals surface area (Å²) in [5, 5.41) is 6.86. The number of amides is 2. The average molecular weight is 408 g/mol. The molecule has 3 aromatic rings. The van der Waals surface area contributed by atoms with E-state index < -0.39 is 0 Å². The Balaban J connectivity index is 1.37. The van der Waals surface area contributed by atoms with Crippen molar-refractivity contribution in [3.05, 3.63) is 53.9 Å². The molecule has 8 heteroatoms. The molecule has 156 valence electrons. The highest BCUT2D eigenvalue weighted by atomic mass is 16.6. The Morgan fingerprint density at radius 1 is 1.10 bits per heavy atom. The van der Waals surface area contributed by atoms with E-state index >= 15 is 0 Å². The van der Waals surface area contributed by atoms with E-state index in [1.54, 1.807) is 11.9 Å². The zero-order valence-corrected chi connectivity index (χ0v) is 17.2. The van der Waals surface area contributed by atoms with E-state index in [0.717, 1.165) is 16.9 Å². The van der Waals surface area contributed by atoms with Gasteiger partial charge in [-0.25, -0.2) is 4.79 Å². The van der Waals surface area contributed by atoms with E-state index in [0.29, 0.717) is 42.9 Å². The molecule has 0 saturated carbocycles. The van der Waals surface area contributed by atoms with Crippen molar-refractivity contribution in [3.8, 4) is 23.0 Å². The van der Waals surface area contributed by atoms with Gasteiger partial charge in [0.2, 0.25) is 0 Å². The van der Waals surface area contributed by atoms with E-state index in [9.17, 15) is 4.79 Å². The second kappa shape index (κ2) is 8.44. The van der Waals surface area contributed by atoms with Gasteiger partial charge in [0.05, 0.1) is 0 Å². The fourth-order valence-corrected chi connectivity index (χ4v) is 3.03. The molecule has 30 heavy (non-hydrogen) atoms. The third-order valence-electron chi connectivity index (χ3n) is 4.71. The van der Waals surface area contributed by atoms with Crippen molar-refractivity contribution in [2.75, 3.05) is 25.6 Å². The molecule has 0 unspecified atom stereocenters. The number of rotatable bonds is 5. The number of urea groups is 1. The largest absolute Gasteiger partial charge is 0.486 e. The van der Waals surface area contributed by atoms with E-state index in [4.69, 9.17) is 14.0 Å². The molecule has 4 rings (SSSR count). The lowest BCUT2D eigenvalue weighted by molar-refractivity contribution is 0.171. The van der Waals surface area contributed by atoms with Crippen molar-refractivity contribution in [2.45, 2.75) is 26.3 Å². The fourth-order valence-electron chi connectivity index (χ4n) is 3.03. The summed E-state index contributed by atoms with van der Waals surface area (Å²) in [5.74, 6) is 2.78. The molecular weight excluding hydrogens is 384 g/mol. The van der Waals surface area contributed by atoms with E-state index in [1.165, 1.54) is 0 Å². The summed E-state index contributed by atoms with van der Waals surface area (Å²) < 4.78 is 16.4. The lowest BCUT2D eigenvalue weighted by Crippen LogP contribution is -2.30. The first-order valence-electron chi connectivity index (χ1n) is 9.84. The lowest BCUT2D eigenvalue weighted by atomic mass is 10.2. The monoisotopic (exact) mass is 408 g/mol.